The number of aliphatic hydroxyl groups is 1. The molecule has 2 aliphatic heterocycles. The van der Waals surface area contributed by atoms with Crippen LogP contribution in [0.25, 0.3) is 0 Å². The Bertz CT molecular complexity index is 1630. The minimum absolute atomic E-state index is 0.0419. The average Bonchev–Trinajstić information content (AvgIpc) is 3.81. The van der Waals surface area contributed by atoms with Gasteiger partial charge in [-0.05, 0) is 106 Å². The highest BCUT2D eigenvalue weighted by Gasteiger charge is 2.82. The van der Waals surface area contributed by atoms with Gasteiger partial charge in [0.2, 0.25) is 5.91 Å². The average molecular weight is 738 g/mol. The molecule has 294 valence electrons. The van der Waals surface area contributed by atoms with Crippen molar-refractivity contribution in [2.75, 3.05) is 20.2 Å². The standard InChI is InChI=1S/C42H63N3O8/c1-23(2)18-27(34(46)43-28(35(47)48)19-24(3)4)44-37(49)52-29-13-12-26-20-31-40-14-15-42(51-9,30(21-40)39(8,50)38(5,6)7)36-41(40,32(26)33(29)53-36)16-17-45(31)22-25-10-11-25/h12-13,23-25,27-28,30-31,36,50H,10-11,14-22H2,1-9H3,(H,43,46)(H,44,49)(H,47,48)/t27-,28?,30+,31+,36+,39-,40+,41-,42+/m0/s1. The molecule has 4 N–H and O–H groups in total. The Balaban J connectivity index is 1.25. The van der Waals surface area contributed by atoms with Crippen LogP contribution in [-0.4, -0.2) is 88.7 Å². The van der Waals surface area contributed by atoms with Crippen LogP contribution in [0.15, 0.2) is 12.1 Å². The summed E-state index contributed by atoms with van der Waals surface area (Å²) in [6.45, 7) is 18.1. The van der Waals surface area contributed by atoms with Crippen molar-refractivity contribution in [2.45, 2.75) is 154 Å². The molecule has 4 bridgehead atoms. The van der Waals surface area contributed by atoms with E-state index in [0.29, 0.717) is 24.0 Å². The van der Waals surface area contributed by atoms with E-state index in [9.17, 15) is 24.6 Å². The topological polar surface area (TPSA) is 147 Å². The Labute approximate surface area is 315 Å². The Morgan fingerprint density at radius 1 is 1.00 bits per heavy atom. The third-order valence-corrected chi connectivity index (χ3v) is 14.7. The maximum absolute atomic E-state index is 13.8. The number of likely N-dealkylation sites (tertiary alicyclic amines) is 1. The van der Waals surface area contributed by atoms with E-state index >= 15 is 0 Å². The normalized spacial score (nSPS) is 33.5. The molecule has 9 atom stereocenters. The molecule has 5 aliphatic carbocycles. The maximum atomic E-state index is 13.8. The predicted molar refractivity (Wildman–Crippen MR) is 200 cm³/mol. The van der Waals surface area contributed by atoms with Gasteiger partial charge in [-0.25, -0.2) is 9.59 Å². The van der Waals surface area contributed by atoms with E-state index in [1.54, 1.807) is 7.11 Å². The van der Waals surface area contributed by atoms with Crippen molar-refractivity contribution in [1.29, 1.82) is 0 Å². The molecule has 1 aromatic rings. The summed E-state index contributed by atoms with van der Waals surface area (Å²) in [6.07, 6.45) is 6.37. The van der Waals surface area contributed by atoms with Crippen LogP contribution >= 0.6 is 0 Å². The highest BCUT2D eigenvalue weighted by Crippen LogP contribution is 2.78. The van der Waals surface area contributed by atoms with Gasteiger partial charge in [-0.2, -0.15) is 0 Å². The van der Waals surface area contributed by atoms with Crippen LogP contribution in [0.4, 0.5) is 4.79 Å². The second kappa shape index (κ2) is 13.1. The number of nitrogens with one attached hydrogen (secondary N) is 2. The molecule has 4 saturated carbocycles. The number of amides is 2. The molecule has 53 heavy (non-hydrogen) atoms. The van der Waals surface area contributed by atoms with Gasteiger partial charge in [-0.15, -0.1) is 0 Å². The van der Waals surface area contributed by atoms with E-state index in [1.807, 2.05) is 40.7 Å². The van der Waals surface area contributed by atoms with E-state index in [-0.39, 0.29) is 41.1 Å². The predicted octanol–water partition coefficient (Wildman–Crippen LogP) is 5.83. The van der Waals surface area contributed by atoms with Crippen molar-refractivity contribution < 1.29 is 38.8 Å². The van der Waals surface area contributed by atoms with Crippen molar-refractivity contribution in [1.82, 2.24) is 15.5 Å². The van der Waals surface area contributed by atoms with Crippen LogP contribution in [0, 0.1) is 34.5 Å². The number of nitrogens with zero attached hydrogens (tertiary/aromatic N) is 1. The number of carboxylic acids is 1. The summed E-state index contributed by atoms with van der Waals surface area (Å²) < 4.78 is 20.0. The molecular weight excluding hydrogens is 674 g/mol. The molecule has 5 fully saturated rings. The number of piperidine rings is 1. The number of methoxy groups -OCH3 is 1. The number of ether oxygens (including phenoxy) is 3. The third-order valence-electron chi connectivity index (χ3n) is 14.7. The molecule has 1 aromatic carbocycles. The van der Waals surface area contributed by atoms with E-state index in [0.717, 1.165) is 56.7 Å². The van der Waals surface area contributed by atoms with E-state index in [4.69, 9.17) is 14.2 Å². The first-order valence-corrected chi connectivity index (χ1v) is 20.2. The van der Waals surface area contributed by atoms with Gasteiger partial charge in [-0.3, -0.25) is 9.69 Å². The Morgan fingerprint density at radius 3 is 2.28 bits per heavy atom. The van der Waals surface area contributed by atoms with Crippen LogP contribution in [0.3, 0.4) is 0 Å². The van der Waals surface area contributed by atoms with Crippen molar-refractivity contribution in [3.63, 3.8) is 0 Å². The van der Waals surface area contributed by atoms with Gasteiger partial charge in [0.25, 0.3) is 0 Å². The van der Waals surface area contributed by atoms with Crippen molar-refractivity contribution in [3.05, 3.63) is 23.3 Å². The molecule has 1 saturated heterocycles. The molecule has 8 rings (SSSR count). The number of aliphatic carboxylic acids is 1. The lowest BCUT2D eigenvalue weighted by atomic mass is 9.33. The molecule has 1 unspecified atom stereocenters. The molecule has 0 radical (unpaired) electrons. The summed E-state index contributed by atoms with van der Waals surface area (Å²) in [4.78, 5) is 41.9. The molecule has 2 spiro atoms. The molecular formula is C42H63N3O8. The number of carbonyl (C=O) groups is 3. The van der Waals surface area contributed by atoms with Crippen molar-refractivity contribution >= 4 is 18.0 Å². The fourth-order valence-corrected chi connectivity index (χ4v) is 11.6. The molecule has 0 aromatic heterocycles. The number of benzene rings is 1. The molecule has 11 nitrogen and oxygen atoms in total. The van der Waals surface area contributed by atoms with Gasteiger partial charge in [0.1, 0.15) is 23.8 Å². The number of hydrogen-bond donors (Lipinski definition) is 4. The first kappa shape index (κ1) is 38.4. The van der Waals surface area contributed by atoms with Gasteiger partial charge in [0.05, 0.1) is 5.60 Å². The van der Waals surface area contributed by atoms with Crippen molar-refractivity contribution in [2.24, 2.45) is 34.5 Å². The highest BCUT2D eigenvalue weighted by molar-refractivity contribution is 5.89. The molecule has 2 amide bonds. The minimum atomic E-state index is -1.11. The zero-order chi connectivity index (χ0) is 38.5. The SMILES string of the molecule is CO[C@]12CC[C@@]3(C[C@@H]1[C@](C)(O)C(C)(C)C)[C@H]1Cc4ccc(OC(=O)N[C@@H](CC(C)C)C(=O)NC(CC(C)C)C(=O)O)c5c4[C@@]3(CCN1CC1CC1)[C@H]2O5. The fourth-order valence-electron chi connectivity index (χ4n) is 11.6. The van der Waals surface area contributed by atoms with Gasteiger partial charge >= 0.3 is 12.1 Å². The molecule has 7 aliphatic rings. The minimum Gasteiger partial charge on any atom is -0.482 e. The second-order valence-electron chi connectivity index (χ2n) is 19.5. The summed E-state index contributed by atoms with van der Waals surface area (Å²) in [5.74, 6) is -0.113. The van der Waals surface area contributed by atoms with Gasteiger partial charge in [0, 0.05) is 42.0 Å². The third kappa shape index (κ3) is 5.88. The zero-order valence-corrected chi connectivity index (χ0v) is 33.3. The van der Waals surface area contributed by atoms with Crippen LogP contribution in [0.5, 0.6) is 11.5 Å². The van der Waals surface area contributed by atoms with Crippen molar-refractivity contribution in [3.8, 4) is 11.5 Å². The number of carbonyl (C=O) groups excluding carboxylic acids is 2. The lowest BCUT2D eigenvalue weighted by Crippen LogP contribution is -2.83. The Hall–Kier alpha value is -2.89. The molecule has 2 heterocycles. The summed E-state index contributed by atoms with van der Waals surface area (Å²) in [5, 5.41) is 27.7. The van der Waals surface area contributed by atoms with Gasteiger partial charge in [-0.1, -0.05) is 54.5 Å². The summed E-state index contributed by atoms with van der Waals surface area (Å²) in [5.41, 5.74) is -0.370. The van der Waals surface area contributed by atoms with Crippen LogP contribution in [0.1, 0.15) is 118 Å². The second-order valence-corrected chi connectivity index (χ2v) is 19.5. The van der Waals surface area contributed by atoms with Gasteiger partial charge < -0.3 is 35.1 Å². The number of carboxylic acid groups (broad SMARTS) is 1. The van der Waals surface area contributed by atoms with E-state index in [1.165, 1.54) is 18.4 Å². The summed E-state index contributed by atoms with van der Waals surface area (Å²) >= 11 is 0. The monoisotopic (exact) mass is 737 g/mol. The lowest BCUT2D eigenvalue weighted by Gasteiger charge is -2.75. The largest absolute Gasteiger partial charge is 0.482 e. The van der Waals surface area contributed by atoms with Gasteiger partial charge in [0.15, 0.2) is 11.5 Å². The Morgan fingerprint density at radius 2 is 1.68 bits per heavy atom. The maximum Gasteiger partial charge on any atom is 0.413 e. The van der Waals surface area contributed by atoms with Crippen LogP contribution in [-0.2, 0) is 26.2 Å². The summed E-state index contributed by atoms with van der Waals surface area (Å²) in [6, 6.07) is 2.18. The quantitative estimate of drug-likeness (QED) is 0.197. The summed E-state index contributed by atoms with van der Waals surface area (Å²) in [7, 11) is 1.78. The first-order valence-electron chi connectivity index (χ1n) is 20.2. The fraction of sp³-hybridized carbons (Fsp3) is 0.786. The smallest absolute Gasteiger partial charge is 0.413 e. The van der Waals surface area contributed by atoms with Crippen LogP contribution < -0.4 is 20.1 Å². The number of hydrogen-bond acceptors (Lipinski definition) is 8. The zero-order valence-electron chi connectivity index (χ0n) is 33.3. The van der Waals surface area contributed by atoms with Crippen LogP contribution in [0.2, 0.25) is 0 Å². The van der Waals surface area contributed by atoms with E-state index < -0.39 is 46.7 Å². The molecule has 11 heteroatoms. The highest BCUT2D eigenvalue weighted by atomic mass is 16.6. The number of fused-ring (bicyclic) bond motifs is 2. The Kier molecular flexibility index (Phi) is 9.50. The first-order chi connectivity index (χ1) is 24.8. The van der Waals surface area contributed by atoms with E-state index in [2.05, 4.69) is 42.4 Å². The number of rotatable bonds is 13. The lowest BCUT2D eigenvalue weighted by molar-refractivity contribution is -0.312.